The molecule has 0 aliphatic carbocycles. The van der Waals surface area contributed by atoms with Crippen LogP contribution in [0.3, 0.4) is 0 Å². The van der Waals surface area contributed by atoms with Crippen LogP contribution >= 0.6 is 23.2 Å². The zero-order chi connectivity index (χ0) is 23.0. The van der Waals surface area contributed by atoms with Crippen LogP contribution in [0.5, 0.6) is 0 Å². The lowest BCUT2D eigenvalue weighted by atomic mass is 10.1. The van der Waals surface area contributed by atoms with Crippen molar-refractivity contribution in [1.29, 1.82) is 0 Å². The van der Waals surface area contributed by atoms with Gasteiger partial charge in [0.15, 0.2) is 6.61 Å². The summed E-state index contributed by atoms with van der Waals surface area (Å²) in [6, 6.07) is 10.5. The summed E-state index contributed by atoms with van der Waals surface area (Å²) in [5.41, 5.74) is 0.988. The highest BCUT2D eigenvalue weighted by Gasteiger charge is 2.22. The first-order chi connectivity index (χ1) is 14.7. The number of amides is 1. The maximum absolute atomic E-state index is 12.5. The maximum Gasteiger partial charge on any atom is 0.338 e. The number of rotatable bonds is 10. The van der Waals surface area contributed by atoms with E-state index in [9.17, 15) is 18.0 Å². The first-order valence-corrected chi connectivity index (χ1v) is 11.9. The molecule has 0 spiro atoms. The minimum Gasteiger partial charge on any atom is -0.452 e. The summed E-state index contributed by atoms with van der Waals surface area (Å²) in [7, 11) is -3.61. The molecular weight excluding hydrogens is 463 g/mol. The molecule has 0 saturated carbocycles. The zero-order valence-electron chi connectivity index (χ0n) is 17.2. The fourth-order valence-corrected chi connectivity index (χ4v) is 4.76. The van der Waals surface area contributed by atoms with Crippen molar-refractivity contribution >= 4 is 45.1 Å². The molecule has 1 amide bonds. The zero-order valence-corrected chi connectivity index (χ0v) is 19.6. The minimum atomic E-state index is -3.61. The van der Waals surface area contributed by atoms with Gasteiger partial charge < -0.3 is 10.1 Å². The number of sulfonamides is 1. The molecule has 0 atom stereocenters. The molecule has 31 heavy (non-hydrogen) atoms. The Morgan fingerprint density at radius 2 is 1.68 bits per heavy atom. The molecule has 0 radical (unpaired) electrons. The van der Waals surface area contributed by atoms with Gasteiger partial charge in [0.05, 0.1) is 10.5 Å². The van der Waals surface area contributed by atoms with Crippen LogP contribution in [-0.2, 0) is 26.0 Å². The van der Waals surface area contributed by atoms with Crippen molar-refractivity contribution < 1.29 is 22.7 Å². The highest BCUT2D eigenvalue weighted by atomic mass is 35.5. The fourth-order valence-electron chi connectivity index (χ4n) is 2.80. The minimum absolute atomic E-state index is 0.0892. The van der Waals surface area contributed by atoms with Gasteiger partial charge in [0.2, 0.25) is 10.0 Å². The Morgan fingerprint density at radius 1 is 1.03 bits per heavy atom. The Hall–Kier alpha value is -2.13. The predicted molar refractivity (Wildman–Crippen MR) is 120 cm³/mol. The van der Waals surface area contributed by atoms with Gasteiger partial charge in [0, 0.05) is 29.7 Å². The van der Waals surface area contributed by atoms with Gasteiger partial charge in [0.1, 0.15) is 0 Å². The second-order valence-corrected chi connectivity index (χ2v) is 9.31. The molecule has 0 fully saturated rings. The summed E-state index contributed by atoms with van der Waals surface area (Å²) < 4.78 is 31.3. The number of nitrogens with one attached hydrogen (secondary N) is 1. The highest BCUT2D eigenvalue weighted by molar-refractivity contribution is 7.89. The van der Waals surface area contributed by atoms with Crippen LogP contribution in [0.15, 0.2) is 47.4 Å². The fraction of sp³-hybridized carbons (Fsp3) is 0.333. The monoisotopic (exact) mass is 486 g/mol. The quantitative estimate of drug-likeness (QED) is 0.518. The molecule has 0 heterocycles. The number of nitrogens with zero attached hydrogens (tertiary/aromatic N) is 1. The van der Waals surface area contributed by atoms with Gasteiger partial charge in [0.25, 0.3) is 5.91 Å². The summed E-state index contributed by atoms with van der Waals surface area (Å²) in [4.78, 5) is 24.1. The summed E-state index contributed by atoms with van der Waals surface area (Å²) in [5, 5.41) is 3.69. The molecule has 2 aromatic carbocycles. The first kappa shape index (κ1) is 25.1. The average Bonchev–Trinajstić information content (AvgIpc) is 2.74. The van der Waals surface area contributed by atoms with Crippen molar-refractivity contribution in [2.24, 2.45) is 0 Å². The lowest BCUT2D eigenvalue weighted by molar-refractivity contribution is -0.124. The molecule has 1 N–H and O–H groups in total. The molecule has 0 saturated heterocycles. The maximum atomic E-state index is 12.5. The van der Waals surface area contributed by atoms with Crippen molar-refractivity contribution in [3.63, 3.8) is 0 Å². The Kier molecular flexibility index (Phi) is 9.31. The van der Waals surface area contributed by atoms with Gasteiger partial charge >= 0.3 is 5.97 Å². The highest BCUT2D eigenvalue weighted by Crippen LogP contribution is 2.21. The van der Waals surface area contributed by atoms with Gasteiger partial charge in [-0.2, -0.15) is 4.31 Å². The van der Waals surface area contributed by atoms with E-state index in [1.54, 1.807) is 32.0 Å². The van der Waals surface area contributed by atoms with E-state index < -0.39 is 28.5 Å². The van der Waals surface area contributed by atoms with Gasteiger partial charge in [-0.3, -0.25) is 4.79 Å². The number of hydrogen-bond acceptors (Lipinski definition) is 5. The topological polar surface area (TPSA) is 92.8 Å². The lowest BCUT2D eigenvalue weighted by Crippen LogP contribution is -2.31. The second-order valence-electron chi connectivity index (χ2n) is 6.53. The lowest BCUT2D eigenvalue weighted by Gasteiger charge is -2.18. The van der Waals surface area contributed by atoms with Crippen molar-refractivity contribution in [1.82, 2.24) is 9.62 Å². The van der Waals surface area contributed by atoms with E-state index in [0.29, 0.717) is 36.1 Å². The first-order valence-electron chi connectivity index (χ1n) is 9.67. The number of carbonyl (C=O) groups excluding carboxylic acids is 2. The Balaban J connectivity index is 1.84. The largest absolute Gasteiger partial charge is 0.452 e. The molecule has 7 nitrogen and oxygen atoms in total. The Labute approximate surface area is 192 Å². The van der Waals surface area contributed by atoms with Crippen LogP contribution in [0, 0.1) is 0 Å². The third-order valence-corrected chi connectivity index (χ3v) is 7.15. The molecule has 0 unspecified atom stereocenters. The summed E-state index contributed by atoms with van der Waals surface area (Å²) in [6.07, 6.45) is 0.498. The Bertz CT molecular complexity index is 1020. The standard InChI is InChI=1S/C21H24Cl2N2O5S/c1-3-25(4-2)31(28,29)18-9-6-16(7-10-18)21(27)30-14-20(26)24-12-11-15-5-8-17(22)13-19(15)23/h5-10,13H,3-4,11-12,14H2,1-2H3,(H,24,26). The number of hydrogen-bond donors (Lipinski definition) is 1. The average molecular weight is 487 g/mol. The smallest absolute Gasteiger partial charge is 0.338 e. The number of halogens is 2. The van der Waals surface area contributed by atoms with Crippen LogP contribution < -0.4 is 5.32 Å². The van der Waals surface area contributed by atoms with Gasteiger partial charge in [-0.05, 0) is 48.4 Å². The second kappa shape index (κ2) is 11.5. The van der Waals surface area contributed by atoms with E-state index in [1.165, 1.54) is 28.6 Å². The summed E-state index contributed by atoms with van der Waals surface area (Å²) in [6.45, 7) is 4.07. The number of benzene rings is 2. The predicted octanol–water partition coefficient (Wildman–Crippen LogP) is 3.54. The summed E-state index contributed by atoms with van der Waals surface area (Å²) >= 11 is 11.9. The van der Waals surface area contributed by atoms with Crippen molar-refractivity contribution in [2.75, 3.05) is 26.2 Å². The van der Waals surface area contributed by atoms with E-state index in [4.69, 9.17) is 27.9 Å². The van der Waals surface area contributed by atoms with E-state index in [2.05, 4.69) is 5.32 Å². The molecular formula is C21H24Cl2N2O5S. The summed E-state index contributed by atoms with van der Waals surface area (Å²) in [5.74, 6) is -1.18. The molecule has 0 aromatic heterocycles. The van der Waals surface area contributed by atoms with Crippen molar-refractivity contribution in [3.05, 3.63) is 63.6 Å². The number of carbonyl (C=O) groups is 2. The van der Waals surface area contributed by atoms with Crippen LogP contribution in [0.25, 0.3) is 0 Å². The molecule has 168 valence electrons. The van der Waals surface area contributed by atoms with E-state index in [-0.39, 0.29) is 10.5 Å². The van der Waals surface area contributed by atoms with Crippen molar-refractivity contribution in [2.45, 2.75) is 25.2 Å². The van der Waals surface area contributed by atoms with Gasteiger partial charge in [-0.25, -0.2) is 13.2 Å². The molecule has 10 heteroatoms. The van der Waals surface area contributed by atoms with Crippen LogP contribution in [0.2, 0.25) is 10.0 Å². The van der Waals surface area contributed by atoms with E-state index >= 15 is 0 Å². The molecule has 2 aromatic rings. The third-order valence-electron chi connectivity index (χ3n) is 4.50. The molecule has 0 aliphatic heterocycles. The molecule has 0 aliphatic rings. The Morgan fingerprint density at radius 3 is 2.26 bits per heavy atom. The van der Waals surface area contributed by atoms with Crippen LogP contribution in [-0.4, -0.2) is 50.8 Å². The van der Waals surface area contributed by atoms with Crippen LogP contribution in [0.1, 0.15) is 29.8 Å². The number of ether oxygens (including phenoxy) is 1. The number of esters is 1. The third kappa shape index (κ3) is 6.93. The molecule has 2 rings (SSSR count). The molecule has 0 bridgehead atoms. The van der Waals surface area contributed by atoms with E-state index in [1.807, 2.05) is 0 Å². The SMILES string of the molecule is CCN(CC)S(=O)(=O)c1ccc(C(=O)OCC(=O)NCCc2ccc(Cl)cc2Cl)cc1. The van der Waals surface area contributed by atoms with Crippen LogP contribution in [0.4, 0.5) is 0 Å². The van der Waals surface area contributed by atoms with E-state index in [0.717, 1.165) is 5.56 Å². The normalized spacial score (nSPS) is 11.4. The van der Waals surface area contributed by atoms with Crippen molar-refractivity contribution in [3.8, 4) is 0 Å². The van der Waals surface area contributed by atoms with Gasteiger partial charge in [-0.15, -0.1) is 0 Å². The van der Waals surface area contributed by atoms with Gasteiger partial charge in [-0.1, -0.05) is 43.1 Å².